The first-order chi connectivity index (χ1) is 9.17. The van der Waals surface area contributed by atoms with E-state index in [4.69, 9.17) is 0 Å². The molecule has 0 fully saturated rings. The van der Waals surface area contributed by atoms with Crippen molar-refractivity contribution < 1.29 is 9.59 Å². The van der Waals surface area contributed by atoms with E-state index in [0.717, 1.165) is 18.4 Å². The fourth-order valence-electron chi connectivity index (χ4n) is 2.75. The maximum Gasteiger partial charge on any atom is 0.222 e. The average Bonchev–Trinajstić information content (AvgIpc) is 2.40. The van der Waals surface area contributed by atoms with E-state index in [1.807, 2.05) is 19.1 Å². The minimum Gasteiger partial charge on any atom is -0.356 e. The summed E-state index contributed by atoms with van der Waals surface area (Å²) in [6, 6.07) is 5.97. The van der Waals surface area contributed by atoms with E-state index in [1.54, 1.807) is 4.90 Å². The highest BCUT2D eigenvalue weighted by molar-refractivity contribution is 5.77. The Kier molecular flexibility index (Phi) is 4.20. The molecule has 1 aromatic carbocycles. The zero-order chi connectivity index (χ0) is 13.8. The zero-order valence-electron chi connectivity index (χ0n) is 11.5. The Labute approximate surface area is 113 Å². The minimum absolute atomic E-state index is 0.00583. The Morgan fingerprint density at radius 3 is 3.00 bits per heavy atom. The van der Waals surface area contributed by atoms with Crippen molar-refractivity contribution in [3.05, 3.63) is 34.9 Å². The number of carbonyl (C=O) groups is 2. The highest BCUT2D eigenvalue weighted by Gasteiger charge is 2.28. The van der Waals surface area contributed by atoms with Gasteiger partial charge in [0, 0.05) is 13.1 Å². The summed E-state index contributed by atoms with van der Waals surface area (Å²) in [6.45, 7) is 5.28. The van der Waals surface area contributed by atoms with Gasteiger partial charge in [0.25, 0.3) is 0 Å². The molecule has 2 amide bonds. The van der Waals surface area contributed by atoms with Crippen molar-refractivity contribution in [3.63, 3.8) is 0 Å². The highest BCUT2D eigenvalue weighted by Crippen LogP contribution is 2.32. The first kappa shape index (κ1) is 13.6. The summed E-state index contributed by atoms with van der Waals surface area (Å²) >= 11 is 0. The minimum atomic E-state index is -0.132. The van der Waals surface area contributed by atoms with Crippen LogP contribution in [-0.4, -0.2) is 30.3 Å². The van der Waals surface area contributed by atoms with Crippen LogP contribution in [0.2, 0.25) is 0 Å². The van der Waals surface area contributed by atoms with Crippen LogP contribution in [-0.2, 0) is 16.0 Å². The summed E-state index contributed by atoms with van der Waals surface area (Å²) in [4.78, 5) is 24.7. The summed E-state index contributed by atoms with van der Waals surface area (Å²) < 4.78 is 0. The smallest absolute Gasteiger partial charge is 0.222 e. The fraction of sp³-hybridized carbons (Fsp3) is 0.467. The van der Waals surface area contributed by atoms with E-state index in [1.165, 1.54) is 11.1 Å². The standard InChI is InChI=1S/C15H20N2O2/c1-3-16-15(19)9-14-13-6-4-5-11(2)12(13)7-8-17(14)10-18/h4-6,10,14H,3,7-9H2,1-2H3,(H,16,19). The van der Waals surface area contributed by atoms with Crippen LogP contribution in [0, 0.1) is 6.92 Å². The predicted octanol–water partition coefficient (Wildman–Crippen LogP) is 1.58. The number of nitrogens with zero attached hydrogens (tertiary/aromatic N) is 1. The topological polar surface area (TPSA) is 49.4 Å². The van der Waals surface area contributed by atoms with Crippen molar-refractivity contribution >= 4 is 12.3 Å². The molecule has 0 bridgehead atoms. The lowest BCUT2D eigenvalue weighted by Crippen LogP contribution is -2.38. The predicted molar refractivity (Wildman–Crippen MR) is 73.7 cm³/mol. The third-order valence-corrected chi connectivity index (χ3v) is 3.71. The van der Waals surface area contributed by atoms with Crippen molar-refractivity contribution in [2.45, 2.75) is 32.7 Å². The van der Waals surface area contributed by atoms with Crippen molar-refractivity contribution in [3.8, 4) is 0 Å². The molecule has 1 heterocycles. The van der Waals surface area contributed by atoms with Gasteiger partial charge in [0.15, 0.2) is 0 Å². The quantitative estimate of drug-likeness (QED) is 0.836. The molecule has 1 N–H and O–H groups in total. The van der Waals surface area contributed by atoms with Gasteiger partial charge in [0.05, 0.1) is 12.5 Å². The summed E-state index contributed by atoms with van der Waals surface area (Å²) in [5.74, 6) is -0.00583. The summed E-state index contributed by atoms with van der Waals surface area (Å²) in [6.07, 6.45) is 2.06. The molecule has 2 rings (SSSR count). The number of aryl methyl sites for hydroxylation is 1. The van der Waals surface area contributed by atoms with Crippen LogP contribution >= 0.6 is 0 Å². The molecule has 0 spiro atoms. The molecule has 0 aromatic heterocycles. The monoisotopic (exact) mass is 260 g/mol. The molecule has 1 aromatic rings. The number of fused-ring (bicyclic) bond motifs is 1. The fourth-order valence-corrected chi connectivity index (χ4v) is 2.75. The first-order valence-electron chi connectivity index (χ1n) is 6.73. The van der Waals surface area contributed by atoms with Crippen LogP contribution in [0.15, 0.2) is 18.2 Å². The van der Waals surface area contributed by atoms with Crippen LogP contribution in [0.3, 0.4) is 0 Å². The third-order valence-electron chi connectivity index (χ3n) is 3.71. The van der Waals surface area contributed by atoms with E-state index < -0.39 is 0 Å². The molecule has 0 saturated heterocycles. The highest BCUT2D eigenvalue weighted by atomic mass is 16.2. The Morgan fingerprint density at radius 1 is 1.53 bits per heavy atom. The van der Waals surface area contributed by atoms with Gasteiger partial charge in [-0.2, -0.15) is 0 Å². The van der Waals surface area contributed by atoms with E-state index in [0.29, 0.717) is 19.5 Å². The lowest BCUT2D eigenvalue weighted by Gasteiger charge is -2.35. The first-order valence-corrected chi connectivity index (χ1v) is 6.73. The molecule has 102 valence electrons. The van der Waals surface area contributed by atoms with Gasteiger partial charge in [0.1, 0.15) is 0 Å². The van der Waals surface area contributed by atoms with Gasteiger partial charge < -0.3 is 10.2 Å². The number of hydrogen-bond acceptors (Lipinski definition) is 2. The van der Waals surface area contributed by atoms with Crippen molar-refractivity contribution in [2.75, 3.05) is 13.1 Å². The molecule has 4 nitrogen and oxygen atoms in total. The van der Waals surface area contributed by atoms with E-state index in [9.17, 15) is 9.59 Å². The Bertz CT molecular complexity index is 485. The molecule has 0 radical (unpaired) electrons. The number of rotatable bonds is 4. The van der Waals surface area contributed by atoms with Crippen molar-refractivity contribution in [1.29, 1.82) is 0 Å². The van der Waals surface area contributed by atoms with E-state index >= 15 is 0 Å². The molecule has 19 heavy (non-hydrogen) atoms. The van der Waals surface area contributed by atoms with Gasteiger partial charge in [-0.3, -0.25) is 9.59 Å². The summed E-state index contributed by atoms with van der Waals surface area (Å²) in [7, 11) is 0. The number of nitrogens with one attached hydrogen (secondary N) is 1. The lowest BCUT2D eigenvalue weighted by atomic mass is 9.88. The third kappa shape index (κ3) is 2.78. The van der Waals surface area contributed by atoms with Crippen molar-refractivity contribution in [2.24, 2.45) is 0 Å². The molecule has 1 aliphatic rings. The second kappa shape index (κ2) is 5.87. The lowest BCUT2D eigenvalue weighted by molar-refractivity contribution is -0.125. The van der Waals surface area contributed by atoms with E-state index in [2.05, 4.69) is 18.3 Å². The molecule has 0 saturated carbocycles. The van der Waals surface area contributed by atoms with E-state index in [-0.39, 0.29) is 11.9 Å². The van der Waals surface area contributed by atoms with Gasteiger partial charge in [-0.25, -0.2) is 0 Å². The van der Waals surface area contributed by atoms with Gasteiger partial charge in [-0.05, 0) is 37.0 Å². The molecule has 4 heteroatoms. The number of hydrogen-bond donors (Lipinski definition) is 1. The second-order valence-corrected chi connectivity index (χ2v) is 4.91. The molecule has 0 aliphatic carbocycles. The number of amides is 2. The van der Waals surface area contributed by atoms with Crippen LogP contribution in [0.25, 0.3) is 0 Å². The maximum absolute atomic E-state index is 11.8. The van der Waals surface area contributed by atoms with Crippen LogP contribution in [0.1, 0.15) is 36.1 Å². The Morgan fingerprint density at radius 2 is 2.32 bits per heavy atom. The van der Waals surface area contributed by atoms with Gasteiger partial charge in [0.2, 0.25) is 12.3 Å². The van der Waals surface area contributed by atoms with Crippen LogP contribution in [0.5, 0.6) is 0 Å². The molecule has 1 unspecified atom stereocenters. The zero-order valence-corrected chi connectivity index (χ0v) is 11.5. The molecule has 1 aliphatic heterocycles. The largest absolute Gasteiger partial charge is 0.356 e. The Balaban J connectivity index is 2.30. The van der Waals surface area contributed by atoms with Crippen LogP contribution < -0.4 is 5.32 Å². The molecular formula is C15H20N2O2. The maximum atomic E-state index is 11.8. The van der Waals surface area contributed by atoms with Crippen molar-refractivity contribution in [1.82, 2.24) is 10.2 Å². The molecular weight excluding hydrogens is 240 g/mol. The van der Waals surface area contributed by atoms with Gasteiger partial charge in [-0.1, -0.05) is 18.2 Å². The second-order valence-electron chi connectivity index (χ2n) is 4.91. The van der Waals surface area contributed by atoms with Gasteiger partial charge in [-0.15, -0.1) is 0 Å². The number of benzene rings is 1. The Hall–Kier alpha value is -1.84. The molecule has 1 atom stereocenters. The summed E-state index contributed by atoms with van der Waals surface area (Å²) in [5, 5.41) is 2.80. The van der Waals surface area contributed by atoms with Crippen LogP contribution in [0.4, 0.5) is 0 Å². The number of carbonyl (C=O) groups excluding carboxylic acids is 2. The summed E-state index contributed by atoms with van der Waals surface area (Å²) in [5.41, 5.74) is 3.64. The normalized spacial score (nSPS) is 17.8. The van der Waals surface area contributed by atoms with Gasteiger partial charge >= 0.3 is 0 Å². The SMILES string of the molecule is CCNC(=O)CC1c2cccc(C)c2CCN1C=O. The average molecular weight is 260 g/mol.